The van der Waals surface area contributed by atoms with E-state index in [1.54, 1.807) is 4.57 Å². The summed E-state index contributed by atoms with van der Waals surface area (Å²) in [6, 6.07) is 0. The normalized spacial score (nSPS) is 10.3. The fraction of sp³-hybridized carbons (Fsp3) is 0.556. The summed E-state index contributed by atoms with van der Waals surface area (Å²) in [7, 11) is 1.84. The smallest absolute Gasteiger partial charge is 0.206 e. The summed E-state index contributed by atoms with van der Waals surface area (Å²) in [5.41, 5.74) is 0.576. The molecule has 14 heavy (non-hydrogen) atoms. The van der Waals surface area contributed by atoms with Gasteiger partial charge in [0, 0.05) is 20.1 Å². The van der Waals surface area contributed by atoms with E-state index in [1.807, 2.05) is 7.05 Å². The fourth-order valence-electron chi connectivity index (χ4n) is 1.38. The molecule has 0 unspecified atom stereocenters. The highest BCUT2D eigenvalue weighted by Gasteiger charge is 2.15. The van der Waals surface area contributed by atoms with Crippen LogP contribution in [0.2, 0.25) is 0 Å². The number of halogens is 1. The molecule has 0 amide bonds. The maximum atomic E-state index is 10.8. The van der Waals surface area contributed by atoms with Crippen molar-refractivity contribution >= 4 is 28.2 Å². The summed E-state index contributed by atoms with van der Waals surface area (Å²) >= 11 is 3.26. The Morgan fingerprint density at radius 3 is 2.43 bits per heavy atom. The van der Waals surface area contributed by atoms with Gasteiger partial charge in [-0.1, -0.05) is 0 Å². The zero-order valence-corrected chi connectivity index (χ0v) is 10.2. The minimum atomic E-state index is 0.576. The molecule has 5 heteroatoms. The van der Waals surface area contributed by atoms with Crippen molar-refractivity contribution in [1.29, 1.82) is 0 Å². The molecular formula is C9H14BrN3O. The van der Waals surface area contributed by atoms with E-state index in [0.717, 1.165) is 25.3 Å². The van der Waals surface area contributed by atoms with Gasteiger partial charge < -0.3 is 9.47 Å². The van der Waals surface area contributed by atoms with E-state index in [1.165, 1.54) is 0 Å². The summed E-state index contributed by atoms with van der Waals surface area (Å²) in [6.07, 6.45) is 0.810. The van der Waals surface area contributed by atoms with E-state index < -0.39 is 0 Å². The molecule has 0 spiro atoms. The lowest BCUT2D eigenvalue weighted by molar-refractivity contribution is 0.111. The number of aldehydes is 1. The number of aromatic nitrogens is 2. The number of anilines is 1. The van der Waals surface area contributed by atoms with Crippen molar-refractivity contribution in [1.82, 2.24) is 9.55 Å². The van der Waals surface area contributed by atoms with E-state index in [2.05, 4.69) is 39.7 Å². The van der Waals surface area contributed by atoms with Crippen LogP contribution < -0.4 is 4.90 Å². The molecule has 78 valence electrons. The SMILES string of the molecule is CCN(CC)c1nc(Br)c(C=O)n1C. The number of imidazole rings is 1. The second-order valence-electron chi connectivity index (χ2n) is 2.94. The van der Waals surface area contributed by atoms with Gasteiger partial charge in [-0.25, -0.2) is 4.98 Å². The quantitative estimate of drug-likeness (QED) is 0.775. The van der Waals surface area contributed by atoms with Crippen LogP contribution in [-0.4, -0.2) is 28.9 Å². The first-order chi connectivity index (χ1) is 6.65. The van der Waals surface area contributed by atoms with E-state index in [-0.39, 0.29) is 0 Å². The Bertz CT molecular complexity index is 331. The predicted molar refractivity (Wildman–Crippen MR) is 59.9 cm³/mol. The average molecular weight is 260 g/mol. The van der Waals surface area contributed by atoms with Gasteiger partial charge in [-0.3, -0.25) is 4.79 Å². The number of rotatable bonds is 4. The molecule has 1 aromatic heterocycles. The number of carbonyl (C=O) groups is 1. The second-order valence-corrected chi connectivity index (χ2v) is 3.69. The monoisotopic (exact) mass is 259 g/mol. The molecule has 4 nitrogen and oxygen atoms in total. The number of hydrogen-bond donors (Lipinski definition) is 0. The van der Waals surface area contributed by atoms with Gasteiger partial charge in [-0.15, -0.1) is 0 Å². The third-order valence-corrected chi connectivity index (χ3v) is 2.81. The van der Waals surface area contributed by atoms with Crippen molar-refractivity contribution in [2.24, 2.45) is 7.05 Å². The zero-order valence-electron chi connectivity index (χ0n) is 8.62. The molecule has 0 aromatic carbocycles. The molecule has 0 aliphatic heterocycles. The van der Waals surface area contributed by atoms with Crippen molar-refractivity contribution in [2.75, 3.05) is 18.0 Å². The second kappa shape index (κ2) is 4.59. The summed E-state index contributed by atoms with van der Waals surface area (Å²) in [4.78, 5) is 17.1. The van der Waals surface area contributed by atoms with Gasteiger partial charge >= 0.3 is 0 Å². The lowest BCUT2D eigenvalue weighted by atomic mass is 10.5. The van der Waals surface area contributed by atoms with Crippen LogP contribution in [0.1, 0.15) is 24.3 Å². The Labute approximate surface area is 92.0 Å². The largest absolute Gasteiger partial charge is 0.343 e. The van der Waals surface area contributed by atoms with Crippen molar-refractivity contribution in [2.45, 2.75) is 13.8 Å². The molecule has 1 rings (SSSR count). The highest BCUT2D eigenvalue weighted by Crippen LogP contribution is 2.20. The van der Waals surface area contributed by atoms with Crippen LogP contribution in [-0.2, 0) is 7.05 Å². The topological polar surface area (TPSA) is 38.1 Å². The van der Waals surface area contributed by atoms with Gasteiger partial charge in [0.15, 0.2) is 6.29 Å². The first kappa shape index (κ1) is 11.2. The van der Waals surface area contributed by atoms with Crippen molar-refractivity contribution in [3.05, 3.63) is 10.3 Å². The Morgan fingerprint density at radius 2 is 2.07 bits per heavy atom. The molecule has 0 radical (unpaired) electrons. The molecular weight excluding hydrogens is 246 g/mol. The molecule has 0 aliphatic carbocycles. The molecule has 0 fully saturated rings. The van der Waals surface area contributed by atoms with Crippen LogP contribution in [0.25, 0.3) is 0 Å². The highest BCUT2D eigenvalue weighted by molar-refractivity contribution is 9.10. The summed E-state index contributed by atoms with van der Waals surface area (Å²) in [5.74, 6) is 0.823. The minimum Gasteiger partial charge on any atom is -0.343 e. The number of nitrogens with zero attached hydrogens (tertiary/aromatic N) is 3. The van der Waals surface area contributed by atoms with Gasteiger partial charge in [0.1, 0.15) is 10.3 Å². The third-order valence-electron chi connectivity index (χ3n) is 2.23. The maximum absolute atomic E-state index is 10.8. The van der Waals surface area contributed by atoms with Crippen molar-refractivity contribution in [3.63, 3.8) is 0 Å². The van der Waals surface area contributed by atoms with Crippen LogP contribution in [0.5, 0.6) is 0 Å². The molecule has 1 aromatic rings. The highest BCUT2D eigenvalue weighted by atomic mass is 79.9. The number of hydrogen-bond acceptors (Lipinski definition) is 3. The lowest BCUT2D eigenvalue weighted by Gasteiger charge is -2.19. The van der Waals surface area contributed by atoms with Gasteiger partial charge in [-0.2, -0.15) is 0 Å². The Balaban J connectivity index is 3.15. The number of carbonyl (C=O) groups excluding carboxylic acids is 1. The van der Waals surface area contributed by atoms with E-state index in [0.29, 0.717) is 10.3 Å². The van der Waals surface area contributed by atoms with Gasteiger partial charge in [-0.05, 0) is 29.8 Å². The van der Waals surface area contributed by atoms with E-state index in [9.17, 15) is 4.79 Å². The first-order valence-electron chi connectivity index (χ1n) is 4.58. The standard InChI is InChI=1S/C9H14BrN3O/c1-4-13(5-2)9-11-8(10)7(6-14)12(9)3/h6H,4-5H2,1-3H3. The molecule has 0 bridgehead atoms. The summed E-state index contributed by atoms with van der Waals surface area (Å²) in [5, 5.41) is 0. The Hall–Kier alpha value is -0.840. The van der Waals surface area contributed by atoms with Gasteiger partial charge in [0.25, 0.3) is 0 Å². The minimum absolute atomic E-state index is 0.576. The van der Waals surface area contributed by atoms with Gasteiger partial charge in [0.05, 0.1) is 0 Å². The Morgan fingerprint density at radius 1 is 1.50 bits per heavy atom. The molecule has 0 saturated carbocycles. The summed E-state index contributed by atoms with van der Waals surface area (Å²) in [6.45, 7) is 5.89. The molecule has 0 saturated heterocycles. The Kier molecular flexibility index (Phi) is 3.69. The third kappa shape index (κ3) is 1.82. The van der Waals surface area contributed by atoms with Crippen LogP contribution in [0.15, 0.2) is 4.60 Å². The first-order valence-corrected chi connectivity index (χ1v) is 5.37. The molecule has 0 aliphatic rings. The van der Waals surface area contributed by atoms with Crippen molar-refractivity contribution in [3.8, 4) is 0 Å². The fourth-order valence-corrected chi connectivity index (χ4v) is 1.90. The molecule has 0 atom stereocenters. The lowest BCUT2D eigenvalue weighted by Crippen LogP contribution is -2.25. The van der Waals surface area contributed by atoms with Crippen LogP contribution in [0, 0.1) is 0 Å². The van der Waals surface area contributed by atoms with Crippen molar-refractivity contribution < 1.29 is 4.79 Å². The van der Waals surface area contributed by atoms with Gasteiger partial charge in [0.2, 0.25) is 5.95 Å². The predicted octanol–water partition coefficient (Wildman–Crippen LogP) is 1.84. The average Bonchev–Trinajstić information content (AvgIpc) is 2.45. The summed E-state index contributed by atoms with van der Waals surface area (Å²) < 4.78 is 2.40. The van der Waals surface area contributed by atoms with Crippen LogP contribution >= 0.6 is 15.9 Å². The maximum Gasteiger partial charge on any atom is 0.206 e. The van der Waals surface area contributed by atoms with E-state index in [4.69, 9.17) is 0 Å². The molecule has 1 heterocycles. The van der Waals surface area contributed by atoms with Crippen LogP contribution in [0.4, 0.5) is 5.95 Å². The molecule has 0 N–H and O–H groups in total. The van der Waals surface area contributed by atoms with E-state index >= 15 is 0 Å². The zero-order chi connectivity index (χ0) is 10.7. The van der Waals surface area contributed by atoms with Crippen LogP contribution in [0.3, 0.4) is 0 Å².